The summed E-state index contributed by atoms with van der Waals surface area (Å²) in [6.45, 7) is 0. The van der Waals surface area contributed by atoms with Gasteiger partial charge in [-0.15, -0.1) is 0 Å². The Labute approximate surface area is 94.5 Å². The fourth-order valence-electron chi connectivity index (χ4n) is 2.28. The lowest BCUT2D eigenvalue weighted by atomic mass is 9.95. The van der Waals surface area contributed by atoms with Gasteiger partial charge in [-0.2, -0.15) is 0 Å². The molecule has 0 fully saturated rings. The molecule has 82 valence electrons. The first-order valence-corrected chi connectivity index (χ1v) is 5.70. The van der Waals surface area contributed by atoms with E-state index < -0.39 is 0 Å². The van der Waals surface area contributed by atoms with E-state index in [0.29, 0.717) is 0 Å². The maximum atomic E-state index is 9.86. The van der Waals surface area contributed by atoms with Crippen molar-refractivity contribution in [3.63, 3.8) is 0 Å². The lowest BCUT2D eigenvalue weighted by molar-refractivity contribution is 0.152. The second-order valence-electron chi connectivity index (χ2n) is 4.26. The van der Waals surface area contributed by atoms with E-state index in [1.807, 2.05) is 36.4 Å². The molecule has 0 bridgehead atoms. The number of hydrogen-bond donors (Lipinski definition) is 1. The quantitative estimate of drug-likeness (QED) is 0.790. The van der Waals surface area contributed by atoms with Crippen LogP contribution in [-0.2, 0) is 6.42 Å². The third-order valence-electron chi connectivity index (χ3n) is 3.14. The second-order valence-corrected chi connectivity index (χ2v) is 4.26. The van der Waals surface area contributed by atoms with Gasteiger partial charge in [-0.3, -0.25) is 0 Å². The molecule has 1 unspecified atom stereocenters. The number of aryl methyl sites for hydroxylation is 1. The highest BCUT2D eigenvalue weighted by atomic mass is 16.3. The van der Waals surface area contributed by atoms with E-state index in [2.05, 4.69) is 0 Å². The summed E-state index contributed by atoms with van der Waals surface area (Å²) in [5.74, 6) is 1.82. The van der Waals surface area contributed by atoms with Crippen LogP contribution < -0.4 is 0 Å². The van der Waals surface area contributed by atoms with Crippen LogP contribution in [0.25, 0.3) is 11.3 Å². The maximum absolute atomic E-state index is 9.86. The molecule has 1 atom stereocenters. The van der Waals surface area contributed by atoms with Gasteiger partial charge < -0.3 is 9.52 Å². The van der Waals surface area contributed by atoms with Crippen LogP contribution in [0.3, 0.4) is 0 Å². The van der Waals surface area contributed by atoms with Gasteiger partial charge in [0.25, 0.3) is 0 Å². The van der Waals surface area contributed by atoms with Gasteiger partial charge in [0.05, 0.1) is 6.10 Å². The Kier molecular flexibility index (Phi) is 2.29. The van der Waals surface area contributed by atoms with Crippen molar-refractivity contribution in [2.75, 3.05) is 0 Å². The van der Waals surface area contributed by atoms with Crippen LogP contribution in [0.5, 0.6) is 0 Å². The first kappa shape index (κ1) is 9.67. The second kappa shape index (κ2) is 3.80. The standard InChI is InChI=1S/C14H14O2/c15-12-7-4-8-13-11(12)9-14(16-13)10-5-2-1-3-6-10/h1-3,5-6,9,12,15H,4,7-8H2. The van der Waals surface area contributed by atoms with E-state index in [1.54, 1.807) is 0 Å². The molecule has 2 nitrogen and oxygen atoms in total. The first-order valence-electron chi connectivity index (χ1n) is 5.70. The monoisotopic (exact) mass is 214 g/mol. The van der Waals surface area contributed by atoms with Crippen LogP contribution in [0.1, 0.15) is 30.3 Å². The number of furan rings is 1. The Morgan fingerprint density at radius 1 is 1.19 bits per heavy atom. The minimum Gasteiger partial charge on any atom is -0.461 e. The average Bonchev–Trinajstić information content (AvgIpc) is 2.76. The summed E-state index contributed by atoms with van der Waals surface area (Å²) in [5, 5.41) is 9.86. The van der Waals surface area contributed by atoms with Crippen molar-refractivity contribution in [1.29, 1.82) is 0 Å². The zero-order valence-corrected chi connectivity index (χ0v) is 9.02. The van der Waals surface area contributed by atoms with E-state index in [0.717, 1.165) is 41.9 Å². The summed E-state index contributed by atoms with van der Waals surface area (Å²) in [6.07, 6.45) is 2.46. The molecule has 2 heteroatoms. The summed E-state index contributed by atoms with van der Waals surface area (Å²) < 4.78 is 5.80. The van der Waals surface area contributed by atoms with E-state index in [1.165, 1.54) is 0 Å². The van der Waals surface area contributed by atoms with Gasteiger partial charge in [-0.05, 0) is 18.9 Å². The Hall–Kier alpha value is -1.54. The minimum atomic E-state index is -0.343. The van der Waals surface area contributed by atoms with E-state index in [-0.39, 0.29) is 6.10 Å². The molecule has 0 saturated carbocycles. The van der Waals surface area contributed by atoms with Crippen LogP contribution in [0.15, 0.2) is 40.8 Å². The fraction of sp³-hybridized carbons (Fsp3) is 0.286. The molecule has 0 spiro atoms. The summed E-state index contributed by atoms with van der Waals surface area (Å²) in [7, 11) is 0. The molecule has 1 heterocycles. The number of hydrogen-bond acceptors (Lipinski definition) is 2. The number of rotatable bonds is 1. The van der Waals surface area contributed by atoms with Crippen molar-refractivity contribution < 1.29 is 9.52 Å². The number of aliphatic hydroxyl groups excluding tert-OH is 1. The molecule has 0 aliphatic heterocycles. The molecular formula is C14H14O2. The van der Waals surface area contributed by atoms with Gasteiger partial charge in [0.2, 0.25) is 0 Å². The lowest BCUT2D eigenvalue weighted by Gasteiger charge is -2.15. The summed E-state index contributed by atoms with van der Waals surface area (Å²) in [5.41, 5.74) is 2.05. The maximum Gasteiger partial charge on any atom is 0.134 e. The predicted molar refractivity (Wildman–Crippen MR) is 62.0 cm³/mol. The Bertz CT molecular complexity index is 485. The van der Waals surface area contributed by atoms with Crippen LogP contribution in [0.4, 0.5) is 0 Å². The van der Waals surface area contributed by atoms with Crippen molar-refractivity contribution >= 4 is 0 Å². The van der Waals surface area contributed by atoms with Crippen molar-refractivity contribution in [2.24, 2.45) is 0 Å². The van der Waals surface area contributed by atoms with E-state index in [4.69, 9.17) is 4.42 Å². The predicted octanol–water partition coefficient (Wildman–Crippen LogP) is 3.32. The minimum absolute atomic E-state index is 0.343. The Balaban J connectivity index is 2.05. The average molecular weight is 214 g/mol. The number of fused-ring (bicyclic) bond motifs is 1. The van der Waals surface area contributed by atoms with Crippen molar-refractivity contribution in [2.45, 2.75) is 25.4 Å². The Morgan fingerprint density at radius 3 is 2.75 bits per heavy atom. The third-order valence-corrected chi connectivity index (χ3v) is 3.14. The molecule has 2 aromatic rings. The van der Waals surface area contributed by atoms with Gasteiger partial charge in [0.1, 0.15) is 11.5 Å². The normalized spacial score (nSPS) is 19.4. The van der Waals surface area contributed by atoms with Crippen LogP contribution in [0, 0.1) is 0 Å². The van der Waals surface area contributed by atoms with Gasteiger partial charge in [0.15, 0.2) is 0 Å². The molecule has 1 aliphatic carbocycles. The molecule has 0 radical (unpaired) electrons. The fourth-order valence-corrected chi connectivity index (χ4v) is 2.28. The zero-order valence-electron chi connectivity index (χ0n) is 9.02. The molecule has 0 amide bonds. The molecular weight excluding hydrogens is 200 g/mol. The third kappa shape index (κ3) is 1.55. The van der Waals surface area contributed by atoms with Gasteiger partial charge >= 0.3 is 0 Å². The lowest BCUT2D eigenvalue weighted by Crippen LogP contribution is -2.05. The molecule has 1 aromatic carbocycles. The van der Waals surface area contributed by atoms with E-state index in [9.17, 15) is 5.11 Å². The van der Waals surface area contributed by atoms with E-state index >= 15 is 0 Å². The topological polar surface area (TPSA) is 33.4 Å². The van der Waals surface area contributed by atoms with Crippen molar-refractivity contribution in [3.05, 3.63) is 47.7 Å². The van der Waals surface area contributed by atoms with Crippen LogP contribution in [0.2, 0.25) is 0 Å². The van der Waals surface area contributed by atoms with Gasteiger partial charge in [0, 0.05) is 17.5 Å². The van der Waals surface area contributed by atoms with Crippen LogP contribution >= 0.6 is 0 Å². The molecule has 1 aromatic heterocycles. The molecule has 3 rings (SSSR count). The SMILES string of the molecule is OC1CCCc2oc(-c3ccccc3)cc21. The van der Waals surface area contributed by atoms with Crippen LogP contribution in [-0.4, -0.2) is 5.11 Å². The van der Waals surface area contributed by atoms with Crippen molar-refractivity contribution in [3.8, 4) is 11.3 Å². The first-order chi connectivity index (χ1) is 7.84. The summed E-state index contributed by atoms with van der Waals surface area (Å²) in [6, 6.07) is 12.0. The highest BCUT2D eigenvalue weighted by Crippen LogP contribution is 2.35. The highest BCUT2D eigenvalue weighted by Gasteiger charge is 2.22. The summed E-state index contributed by atoms with van der Waals surface area (Å²) in [4.78, 5) is 0. The molecule has 1 aliphatic rings. The smallest absolute Gasteiger partial charge is 0.134 e. The molecule has 0 saturated heterocycles. The Morgan fingerprint density at radius 2 is 2.00 bits per heavy atom. The largest absolute Gasteiger partial charge is 0.461 e. The molecule has 1 N–H and O–H groups in total. The highest BCUT2D eigenvalue weighted by molar-refractivity contribution is 5.59. The van der Waals surface area contributed by atoms with Crippen molar-refractivity contribution in [1.82, 2.24) is 0 Å². The number of benzene rings is 1. The van der Waals surface area contributed by atoms with Gasteiger partial charge in [-0.1, -0.05) is 30.3 Å². The van der Waals surface area contributed by atoms with Gasteiger partial charge in [-0.25, -0.2) is 0 Å². The zero-order chi connectivity index (χ0) is 11.0. The number of aliphatic hydroxyl groups is 1. The summed E-state index contributed by atoms with van der Waals surface area (Å²) >= 11 is 0. The molecule has 16 heavy (non-hydrogen) atoms.